The molecule has 1 fully saturated rings. The van der Waals surface area contributed by atoms with Gasteiger partial charge in [-0.2, -0.15) is 0 Å². The van der Waals surface area contributed by atoms with Crippen LogP contribution in [0.2, 0.25) is 0 Å². The Kier molecular flexibility index (Phi) is 5.72. The molecule has 0 aromatic heterocycles. The van der Waals surface area contributed by atoms with Crippen LogP contribution in [0.1, 0.15) is 34.3 Å². The third-order valence-corrected chi connectivity index (χ3v) is 5.38. The van der Waals surface area contributed by atoms with Crippen LogP contribution in [-0.4, -0.2) is 19.0 Å². The average Bonchev–Trinajstić information content (AvgIpc) is 3.29. The monoisotopic (exact) mass is 370 g/mol. The molecule has 1 aliphatic rings. The summed E-state index contributed by atoms with van der Waals surface area (Å²) < 4.78 is 0. The molecule has 0 radical (unpaired) electrons. The number of hydrogen-bond acceptors (Lipinski definition) is 2. The van der Waals surface area contributed by atoms with Crippen LogP contribution in [-0.2, 0) is 12.8 Å². The molecule has 0 saturated carbocycles. The van der Waals surface area contributed by atoms with Crippen LogP contribution in [0.15, 0.2) is 78.9 Å². The minimum Gasteiger partial charge on any atom is -0.372 e. The summed E-state index contributed by atoms with van der Waals surface area (Å²) in [5.74, 6) is -0.0439. The SMILES string of the molecule is O=C(Nc1ccc(N2CCCC2)cc1)c1ccccc1CCc1ccccc1. The molecule has 28 heavy (non-hydrogen) atoms. The van der Waals surface area contributed by atoms with Gasteiger partial charge in [0, 0.05) is 30.0 Å². The number of amides is 1. The zero-order valence-electron chi connectivity index (χ0n) is 16.1. The van der Waals surface area contributed by atoms with Gasteiger partial charge in [0.25, 0.3) is 5.91 Å². The summed E-state index contributed by atoms with van der Waals surface area (Å²) in [5, 5.41) is 3.06. The Bertz CT molecular complexity index is 913. The molecule has 0 atom stereocenters. The molecule has 0 aliphatic carbocycles. The number of aryl methyl sites for hydroxylation is 2. The van der Waals surface area contributed by atoms with Crippen molar-refractivity contribution in [2.24, 2.45) is 0 Å². The largest absolute Gasteiger partial charge is 0.372 e. The predicted molar refractivity (Wildman–Crippen MR) is 116 cm³/mol. The van der Waals surface area contributed by atoms with Gasteiger partial charge >= 0.3 is 0 Å². The first-order chi connectivity index (χ1) is 13.8. The molecule has 4 rings (SSSR count). The van der Waals surface area contributed by atoms with Crippen molar-refractivity contribution in [1.82, 2.24) is 0 Å². The molecule has 1 saturated heterocycles. The van der Waals surface area contributed by atoms with E-state index >= 15 is 0 Å². The topological polar surface area (TPSA) is 32.3 Å². The van der Waals surface area contributed by atoms with Gasteiger partial charge in [-0.3, -0.25) is 4.79 Å². The summed E-state index contributed by atoms with van der Waals surface area (Å²) in [6, 6.07) is 26.5. The first kappa shape index (κ1) is 18.3. The number of hydrogen-bond donors (Lipinski definition) is 1. The minimum absolute atomic E-state index is 0.0439. The van der Waals surface area contributed by atoms with E-state index in [1.165, 1.54) is 24.1 Å². The molecule has 1 heterocycles. The highest BCUT2D eigenvalue weighted by Crippen LogP contribution is 2.23. The molecular formula is C25H26N2O. The Labute approximate surface area is 167 Å². The standard InChI is InChI=1S/C25H26N2O/c28-25(26-22-14-16-23(17-15-22)27-18-6-7-19-27)24-11-5-4-10-21(24)13-12-20-8-2-1-3-9-20/h1-5,8-11,14-17H,6-7,12-13,18-19H2,(H,26,28). The second-order valence-corrected chi connectivity index (χ2v) is 7.34. The molecule has 3 aromatic carbocycles. The van der Waals surface area contributed by atoms with Crippen molar-refractivity contribution in [2.45, 2.75) is 25.7 Å². The van der Waals surface area contributed by atoms with E-state index in [-0.39, 0.29) is 5.91 Å². The van der Waals surface area contributed by atoms with Gasteiger partial charge in [-0.1, -0.05) is 48.5 Å². The Morgan fingerprint density at radius 1 is 0.786 bits per heavy atom. The van der Waals surface area contributed by atoms with Crippen LogP contribution < -0.4 is 10.2 Å². The van der Waals surface area contributed by atoms with Crippen molar-refractivity contribution >= 4 is 17.3 Å². The zero-order chi connectivity index (χ0) is 19.2. The highest BCUT2D eigenvalue weighted by Gasteiger charge is 2.14. The first-order valence-electron chi connectivity index (χ1n) is 10.1. The van der Waals surface area contributed by atoms with Crippen LogP contribution >= 0.6 is 0 Å². The number of nitrogens with one attached hydrogen (secondary N) is 1. The molecule has 3 aromatic rings. The molecule has 1 N–H and O–H groups in total. The summed E-state index contributed by atoms with van der Waals surface area (Å²) in [5.41, 5.74) is 5.19. The van der Waals surface area contributed by atoms with Crippen molar-refractivity contribution in [3.05, 3.63) is 95.6 Å². The van der Waals surface area contributed by atoms with E-state index in [0.717, 1.165) is 42.7 Å². The Hall–Kier alpha value is -3.07. The third kappa shape index (κ3) is 4.42. The predicted octanol–water partition coefficient (Wildman–Crippen LogP) is 5.32. The van der Waals surface area contributed by atoms with Gasteiger partial charge in [0.2, 0.25) is 0 Å². The van der Waals surface area contributed by atoms with E-state index < -0.39 is 0 Å². The number of rotatable bonds is 6. The number of carbonyl (C=O) groups is 1. The fraction of sp³-hybridized carbons (Fsp3) is 0.240. The fourth-order valence-electron chi connectivity index (χ4n) is 3.81. The van der Waals surface area contributed by atoms with Gasteiger partial charge in [0.1, 0.15) is 0 Å². The third-order valence-electron chi connectivity index (χ3n) is 5.38. The summed E-state index contributed by atoms with van der Waals surface area (Å²) in [6.45, 7) is 2.25. The Morgan fingerprint density at radius 2 is 1.46 bits per heavy atom. The lowest BCUT2D eigenvalue weighted by Crippen LogP contribution is -2.18. The smallest absolute Gasteiger partial charge is 0.255 e. The zero-order valence-corrected chi connectivity index (χ0v) is 16.1. The Balaban J connectivity index is 1.43. The minimum atomic E-state index is -0.0439. The highest BCUT2D eigenvalue weighted by molar-refractivity contribution is 6.05. The maximum absolute atomic E-state index is 12.9. The Morgan fingerprint density at radius 3 is 2.21 bits per heavy atom. The van der Waals surface area contributed by atoms with Crippen LogP contribution in [0, 0.1) is 0 Å². The summed E-state index contributed by atoms with van der Waals surface area (Å²) in [7, 11) is 0. The van der Waals surface area contributed by atoms with E-state index in [0.29, 0.717) is 0 Å². The van der Waals surface area contributed by atoms with E-state index in [1.54, 1.807) is 0 Å². The van der Waals surface area contributed by atoms with Crippen LogP contribution in [0.5, 0.6) is 0 Å². The van der Waals surface area contributed by atoms with Gasteiger partial charge in [0.05, 0.1) is 0 Å². The van der Waals surface area contributed by atoms with Crippen molar-refractivity contribution in [1.29, 1.82) is 0 Å². The molecule has 0 spiro atoms. The quantitative estimate of drug-likeness (QED) is 0.636. The van der Waals surface area contributed by atoms with E-state index in [4.69, 9.17) is 0 Å². The molecular weight excluding hydrogens is 344 g/mol. The van der Waals surface area contributed by atoms with Crippen molar-refractivity contribution in [3.8, 4) is 0 Å². The molecule has 3 nitrogen and oxygen atoms in total. The molecule has 1 aliphatic heterocycles. The number of carbonyl (C=O) groups excluding carboxylic acids is 1. The van der Waals surface area contributed by atoms with Crippen LogP contribution in [0.3, 0.4) is 0 Å². The van der Waals surface area contributed by atoms with Crippen molar-refractivity contribution in [3.63, 3.8) is 0 Å². The van der Waals surface area contributed by atoms with E-state index in [9.17, 15) is 4.79 Å². The van der Waals surface area contributed by atoms with Crippen LogP contribution in [0.25, 0.3) is 0 Å². The van der Waals surface area contributed by atoms with Crippen LogP contribution in [0.4, 0.5) is 11.4 Å². The van der Waals surface area contributed by atoms with Crippen molar-refractivity contribution < 1.29 is 4.79 Å². The fourth-order valence-corrected chi connectivity index (χ4v) is 3.81. The summed E-state index contributed by atoms with van der Waals surface area (Å²) >= 11 is 0. The molecule has 142 valence electrons. The average molecular weight is 370 g/mol. The number of anilines is 2. The lowest BCUT2D eigenvalue weighted by atomic mass is 9.99. The summed E-state index contributed by atoms with van der Waals surface area (Å²) in [4.78, 5) is 15.3. The van der Waals surface area contributed by atoms with Crippen molar-refractivity contribution in [2.75, 3.05) is 23.3 Å². The maximum atomic E-state index is 12.9. The lowest BCUT2D eigenvalue weighted by molar-refractivity contribution is 0.102. The molecule has 1 amide bonds. The maximum Gasteiger partial charge on any atom is 0.255 e. The molecule has 0 bridgehead atoms. The van der Waals surface area contributed by atoms with E-state index in [2.05, 4.69) is 46.6 Å². The number of nitrogens with zero attached hydrogens (tertiary/aromatic N) is 1. The van der Waals surface area contributed by atoms with Gasteiger partial charge in [0.15, 0.2) is 0 Å². The van der Waals surface area contributed by atoms with E-state index in [1.807, 2.05) is 42.5 Å². The van der Waals surface area contributed by atoms with Gasteiger partial charge in [-0.15, -0.1) is 0 Å². The van der Waals surface area contributed by atoms with Gasteiger partial charge in [-0.05, 0) is 67.1 Å². The second kappa shape index (κ2) is 8.75. The van der Waals surface area contributed by atoms with Gasteiger partial charge in [-0.25, -0.2) is 0 Å². The molecule has 3 heteroatoms. The number of benzene rings is 3. The first-order valence-corrected chi connectivity index (χ1v) is 10.1. The second-order valence-electron chi connectivity index (χ2n) is 7.34. The highest BCUT2D eigenvalue weighted by atomic mass is 16.1. The normalized spacial score (nSPS) is 13.5. The lowest BCUT2D eigenvalue weighted by Gasteiger charge is -2.18. The van der Waals surface area contributed by atoms with Gasteiger partial charge < -0.3 is 10.2 Å². The summed E-state index contributed by atoms with van der Waals surface area (Å²) in [6.07, 6.45) is 4.30. The molecule has 0 unspecified atom stereocenters.